The molecule has 1 aliphatic rings. The van der Waals surface area contributed by atoms with Gasteiger partial charge in [0.2, 0.25) is 0 Å². The Morgan fingerprint density at radius 1 is 1.09 bits per heavy atom. The highest BCUT2D eigenvalue weighted by molar-refractivity contribution is 7.80. The third-order valence-corrected chi connectivity index (χ3v) is 1.98. The summed E-state index contributed by atoms with van der Waals surface area (Å²) in [6.07, 6.45) is 0. The van der Waals surface area contributed by atoms with Crippen molar-refractivity contribution in [2.24, 2.45) is 0 Å². The molecule has 1 heterocycles. The van der Waals surface area contributed by atoms with Crippen molar-refractivity contribution in [2.75, 3.05) is 0 Å². The summed E-state index contributed by atoms with van der Waals surface area (Å²) in [5.74, 6) is 0. The molecule has 0 unspecified atom stereocenters. The molecule has 0 atom stereocenters. The number of benzene rings is 1. The quantitative estimate of drug-likeness (QED) is 0.471. The van der Waals surface area contributed by atoms with E-state index in [4.69, 9.17) is 9.78 Å². The van der Waals surface area contributed by atoms with E-state index in [1.54, 1.807) is 0 Å². The maximum absolute atomic E-state index is 4.82. The molecule has 1 aromatic rings. The predicted octanol–water partition coefficient (Wildman–Crippen LogP) is 1.94. The van der Waals surface area contributed by atoms with Crippen LogP contribution in [0, 0.1) is 0 Å². The van der Waals surface area contributed by atoms with Crippen LogP contribution in [-0.4, -0.2) is 0 Å². The molecule has 0 radical (unpaired) electrons. The zero-order valence-electron chi connectivity index (χ0n) is 5.91. The Kier molecular flexibility index (Phi) is 1.85. The molecule has 58 valence electrons. The molecule has 11 heavy (non-hydrogen) atoms. The third-order valence-electron chi connectivity index (χ3n) is 1.70. The van der Waals surface area contributed by atoms with E-state index in [0.29, 0.717) is 13.2 Å². The lowest BCUT2D eigenvalue weighted by molar-refractivity contribution is -0.322. The Bertz CT molecular complexity index is 273. The largest absolute Gasteiger partial charge is 0.232 e. The van der Waals surface area contributed by atoms with Crippen molar-refractivity contribution in [2.45, 2.75) is 18.1 Å². The van der Waals surface area contributed by atoms with Gasteiger partial charge in [0, 0.05) is 4.90 Å². The van der Waals surface area contributed by atoms with E-state index in [1.807, 2.05) is 18.2 Å². The Balaban J connectivity index is 2.43. The summed E-state index contributed by atoms with van der Waals surface area (Å²) < 4.78 is 0. The SMILES string of the molecule is Sc1ccc2c(c1)COOC2. The number of thiol groups is 1. The fraction of sp³-hybridized carbons (Fsp3) is 0.250. The molecule has 0 fully saturated rings. The van der Waals surface area contributed by atoms with Gasteiger partial charge in [-0.3, -0.25) is 0 Å². The summed E-state index contributed by atoms with van der Waals surface area (Å²) in [6.45, 7) is 1.08. The van der Waals surface area contributed by atoms with E-state index in [9.17, 15) is 0 Å². The van der Waals surface area contributed by atoms with E-state index >= 15 is 0 Å². The van der Waals surface area contributed by atoms with Crippen molar-refractivity contribution in [3.63, 3.8) is 0 Å². The van der Waals surface area contributed by atoms with Gasteiger partial charge in [0.1, 0.15) is 13.2 Å². The molecule has 0 spiro atoms. The topological polar surface area (TPSA) is 18.5 Å². The van der Waals surface area contributed by atoms with E-state index in [0.717, 1.165) is 4.90 Å². The maximum Gasteiger partial charge on any atom is 0.108 e. The lowest BCUT2D eigenvalue weighted by Gasteiger charge is -2.15. The van der Waals surface area contributed by atoms with Crippen molar-refractivity contribution in [1.29, 1.82) is 0 Å². The first kappa shape index (κ1) is 7.16. The van der Waals surface area contributed by atoms with Crippen molar-refractivity contribution in [3.05, 3.63) is 29.3 Å². The maximum atomic E-state index is 4.82. The Labute approximate surface area is 70.5 Å². The van der Waals surface area contributed by atoms with Crippen LogP contribution < -0.4 is 0 Å². The van der Waals surface area contributed by atoms with E-state index < -0.39 is 0 Å². The second-order valence-corrected chi connectivity index (χ2v) is 2.99. The summed E-state index contributed by atoms with van der Waals surface area (Å²) in [5.41, 5.74) is 2.36. The molecule has 2 nitrogen and oxygen atoms in total. The summed E-state index contributed by atoms with van der Waals surface area (Å²) in [6, 6.07) is 5.97. The van der Waals surface area contributed by atoms with Crippen LogP contribution in [0.15, 0.2) is 23.1 Å². The van der Waals surface area contributed by atoms with Crippen LogP contribution in [0.3, 0.4) is 0 Å². The lowest BCUT2D eigenvalue weighted by atomic mass is 10.1. The van der Waals surface area contributed by atoms with E-state index in [2.05, 4.69) is 12.6 Å². The first-order valence-corrected chi connectivity index (χ1v) is 3.86. The molecule has 0 aromatic heterocycles. The van der Waals surface area contributed by atoms with Crippen molar-refractivity contribution in [3.8, 4) is 0 Å². The molecule has 3 heteroatoms. The van der Waals surface area contributed by atoms with Crippen molar-refractivity contribution in [1.82, 2.24) is 0 Å². The van der Waals surface area contributed by atoms with Crippen LogP contribution >= 0.6 is 12.6 Å². The minimum absolute atomic E-state index is 0.531. The lowest BCUT2D eigenvalue weighted by Crippen LogP contribution is -2.06. The van der Waals surface area contributed by atoms with Crippen molar-refractivity contribution < 1.29 is 9.78 Å². The van der Waals surface area contributed by atoms with Gasteiger partial charge in [0.15, 0.2) is 0 Å². The van der Waals surface area contributed by atoms with Gasteiger partial charge in [-0.2, -0.15) is 0 Å². The minimum atomic E-state index is 0.531. The highest BCUT2D eigenvalue weighted by atomic mass is 32.1. The molecule has 0 saturated heterocycles. The van der Waals surface area contributed by atoms with Gasteiger partial charge >= 0.3 is 0 Å². The van der Waals surface area contributed by atoms with Crippen LogP contribution in [0.25, 0.3) is 0 Å². The van der Waals surface area contributed by atoms with Crippen LogP contribution in [0.4, 0.5) is 0 Å². The van der Waals surface area contributed by atoms with Crippen molar-refractivity contribution >= 4 is 12.6 Å². The first-order chi connectivity index (χ1) is 5.36. The zero-order chi connectivity index (χ0) is 7.68. The molecule has 0 N–H and O–H groups in total. The smallest absolute Gasteiger partial charge is 0.108 e. The number of fused-ring (bicyclic) bond motifs is 1. The van der Waals surface area contributed by atoms with Gasteiger partial charge in [-0.1, -0.05) is 6.07 Å². The minimum Gasteiger partial charge on any atom is -0.232 e. The van der Waals surface area contributed by atoms with Crippen LogP contribution in [0.5, 0.6) is 0 Å². The molecule has 1 aromatic carbocycles. The van der Waals surface area contributed by atoms with Gasteiger partial charge in [-0.25, -0.2) is 9.78 Å². The van der Waals surface area contributed by atoms with Crippen LogP contribution in [0.1, 0.15) is 11.1 Å². The Hall–Kier alpha value is -0.510. The first-order valence-electron chi connectivity index (χ1n) is 3.41. The zero-order valence-corrected chi connectivity index (χ0v) is 6.80. The molecule has 0 saturated carbocycles. The average Bonchev–Trinajstić information content (AvgIpc) is 2.04. The van der Waals surface area contributed by atoms with Gasteiger partial charge in [0.25, 0.3) is 0 Å². The Morgan fingerprint density at radius 3 is 2.64 bits per heavy atom. The summed E-state index contributed by atoms with van der Waals surface area (Å²) in [5, 5.41) is 0. The fourth-order valence-corrected chi connectivity index (χ4v) is 1.33. The van der Waals surface area contributed by atoms with Crippen LogP contribution in [-0.2, 0) is 23.0 Å². The number of rotatable bonds is 0. The summed E-state index contributed by atoms with van der Waals surface area (Å²) in [7, 11) is 0. The number of hydrogen-bond acceptors (Lipinski definition) is 3. The predicted molar refractivity (Wildman–Crippen MR) is 43.3 cm³/mol. The summed E-state index contributed by atoms with van der Waals surface area (Å²) >= 11 is 4.22. The third kappa shape index (κ3) is 1.40. The summed E-state index contributed by atoms with van der Waals surface area (Å²) in [4.78, 5) is 10.6. The van der Waals surface area contributed by atoms with Gasteiger partial charge < -0.3 is 0 Å². The molecule has 0 amide bonds. The molecular formula is C8H8O2S. The normalized spacial score (nSPS) is 16.1. The molecule has 1 aliphatic heterocycles. The number of hydrogen-bond donors (Lipinski definition) is 1. The molecular weight excluding hydrogens is 160 g/mol. The highest BCUT2D eigenvalue weighted by Gasteiger charge is 2.09. The monoisotopic (exact) mass is 168 g/mol. The second-order valence-electron chi connectivity index (χ2n) is 2.48. The van der Waals surface area contributed by atoms with Crippen LogP contribution in [0.2, 0.25) is 0 Å². The average molecular weight is 168 g/mol. The second kappa shape index (κ2) is 2.85. The van der Waals surface area contributed by atoms with E-state index in [1.165, 1.54) is 11.1 Å². The highest BCUT2D eigenvalue weighted by Crippen LogP contribution is 2.20. The standard InChI is InChI=1S/C8H8O2S/c11-8-2-1-6-4-9-10-5-7(6)3-8/h1-3,11H,4-5H2. The fourth-order valence-electron chi connectivity index (χ4n) is 1.10. The molecule has 0 bridgehead atoms. The van der Waals surface area contributed by atoms with Gasteiger partial charge in [0.05, 0.1) is 0 Å². The molecule has 2 rings (SSSR count). The molecule has 0 aliphatic carbocycles. The van der Waals surface area contributed by atoms with E-state index in [-0.39, 0.29) is 0 Å². The van der Waals surface area contributed by atoms with Gasteiger partial charge in [-0.05, 0) is 23.3 Å². The van der Waals surface area contributed by atoms with Gasteiger partial charge in [-0.15, -0.1) is 12.6 Å². The Morgan fingerprint density at radius 2 is 1.82 bits per heavy atom.